The lowest BCUT2D eigenvalue weighted by Crippen LogP contribution is -1.98. The Kier molecular flexibility index (Phi) is 2.99. The fourth-order valence-electron chi connectivity index (χ4n) is 1.71. The van der Waals surface area contributed by atoms with E-state index in [1.165, 1.54) is 5.56 Å². The van der Waals surface area contributed by atoms with E-state index in [9.17, 15) is 0 Å². The molecule has 0 radical (unpaired) electrons. The molecule has 3 nitrogen and oxygen atoms in total. The molecule has 1 aromatic carbocycles. The number of aromatic nitrogens is 2. The highest BCUT2D eigenvalue weighted by molar-refractivity contribution is 6.30. The van der Waals surface area contributed by atoms with Gasteiger partial charge in [0.25, 0.3) is 0 Å². The highest BCUT2D eigenvalue weighted by atomic mass is 35.5. The van der Waals surface area contributed by atoms with Crippen molar-refractivity contribution < 1.29 is 5.11 Å². The molecule has 1 heterocycles. The zero-order valence-corrected chi connectivity index (χ0v) is 9.99. The van der Waals surface area contributed by atoms with Crippen LogP contribution in [0.25, 0.3) is 11.4 Å². The average molecular weight is 237 g/mol. The van der Waals surface area contributed by atoms with Gasteiger partial charge in [-0.1, -0.05) is 35.4 Å². The lowest BCUT2D eigenvalue weighted by Gasteiger charge is -2.04. The monoisotopic (exact) mass is 236 g/mol. The third-order valence-electron chi connectivity index (χ3n) is 2.59. The van der Waals surface area contributed by atoms with Crippen LogP contribution in [0.4, 0.5) is 0 Å². The number of aliphatic hydroxyl groups is 1. The number of benzene rings is 1. The lowest BCUT2D eigenvalue weighted by molar-refractivity contribution is 0.273. The van der Waals surface area contributed by atoms with Gasteiger partial charge in [-0.3, -0.25) is 0 Å². The summed E-state index contributed by atoms with van der Waals surface area (Å²) in [5.41, 5.74) is 2.81. The first kappa shape index (κ1) is 11.2. The predicted molar refractivity (Wildman–Crippen MR) is 64.3 cm³/mol. The third-order valence-corrected chi connectivity index (χ3v) is 2.89. The minimum absolute atomic E-state index is 0.103. The highest BCUT2D eigenvalue weighted by Crippen LogP contribution is 2.24. The molecule has 0 aliphatic heterocycles. The van der Waals surface area contributed by atoms with Gasteiger partial charge in [-0.2, -0.15) is 0 Å². The number of hydrogen-bond acceptors (Lipinski definition) is 2. The summed E-state index contributed by atoms with van der Waals surface area (Å²) in [7, 11) is 1.85. The van der Waals surface area contributed by atoms with Gasteiger partial charge in [0.15, 0.2) is 5.15 Å². The Hall–Kier alpha value is -1.32. The van der Waals surface area contributed by atoms with Crippen LogP contribution in [-0.2, 0) is 13.7 Å². The Morgan fingerprint density at radius 1 is 1.44 bits per heavy atom. The number of halogens is 1. The van der Waals surface area contributed by atoms with Crippen LogP contribution in [-0.4, -0.2) is 14.7 Å². The van der Waals surface area contributed by atoms with E-state index < -0.39 is 0 Å². The third kappa shape index (κ3) is 1.84. The van der Waals surface area contributed by atoms with Crippen molar-refractivity contribution >= 4 is 11.6 Å². The van der Waals surface area contributed by atoms with Gasteiger partial charge in [0.1, 0.15) is 5.82 Å². The van der Waals surface area contributed by atoms with Gasteiger partial charge >= 0.3 is 0 Å². The Balaban J connectivity index is 2.56. The van der Waals surface area contributed by atoms with Crippen molar-refractivity contribution in [1.82, 2.24) is 9.55 Å². The van der Waals surface area contributed by atoms with Crippen LogP contribution in [0, 0.1) is 6.92 Å². The van der Waals surface area contributed by atoms with Crippen LogP contribution in [0.3, 0.4) is 0 Å². The number of rotatable bonds is 2. The lowest BCUT2D eigenvalue weighted by atomic mass is 10.1. The largest absolute Gasteiger partial charge is 0.390 e. The highest BCUT2D eigenvalue weighted by Gasteiger charge is 2.13. The normalized spacial score (nSPS) is 10.8. The number of imidazole rings is 1. The van der Waals surface area contributed by atoms with E-state index in [0.717, 1.165) is 11.4 Å². The molecule has 0 atom stereocenters. The van der Waals surface area contributed by atoms with E-state index in [1.807, 2.05) is 42.8 Å². The number of aliphatic hydroxyl groups excluding tert-OH is 1. The van der Waals surface area contributed by atoms with Gasteiger partial charge in [0.2, 0.25) is 0 Å². The summed E-state index contributed by atoms with van der Waals surface area (Å²) in [5.74, 6) is 0.776. The summed E-state index contributed by atoms with van der Waals surface area (Å²) in [6.45, 7) is 1.93. The Morgan fingerprint density at radius 2 is 2.19 bits per heavy atom. The van der Waals surface area contributed by atoms with Crippen molar-refractivity contribution in [2.45, 2.75) is 13.5 Å². The van der Waals surface area contributed by atoms with Crippen molar-refractivity contribution in [3.63, 3.8) is 0 Å². The summed E-state index contributed by atoms with van der Waals surface area (Å²) >= 11 is 5.95. The molecule has 2 rings (SSSR count). The van der Waals surface area contributed by atoms with Crippen molar-refractivity contribution in [3.8, 4) is 11.4 Å². The molecule has 0 amide bonds. The summed E-state index contributed by atoms with van der Waals surface area (Å²) in [5, 5.41) is 9.53. The van der Waals surface area contributed by atoms with Gasteiger partial charge in [-0.15, -0.1) is 0 Å². The molecular formula is C12H13ClN2O. The quantitative estimate of drug-likeness (QED) is 0.870. The molecular weight excluding hydrogens is 224 g/mol. The summed E-state index contributed by atoms with van der Waals surface area (Å²) in [6.07, 6.45) is 0. The average Bonchev–Trinajstić information content (AvgIpc) is 2.54. The fraction of sp³-hybridized carbons (Fsp3) is 0.250. The smallest absolute Gasteiger partial charge is 0.153 e. The first-order chi connectivity index (χ1) is 7.63. The molecule has 84 valence electrons. The molecule has 0 saturated heterocycles. The van der Waals surface area contributed by atoms with E-state index >= 15 is 0 Å². The van der Waals surface area contributed by atoms with Crippen molar-refractivity contribution in [1.29, 1.82) is 0 Å². The van der Waals surface area contributed by atoms with E-state index in [0.29, 0.717) is 10.8 Å². The van der Waals surface area contributed by atoms with E-state index in [-0.39, 0.29) is 6.61 Å². The second-order valence-corrected chi connectivity index (χ2v) is 4.12. The van der Waals surface area contributed by atoms with Gasteiger partial charge in [0.05, 0.1) is 12.3 Å². The molecule has 0 unspecified atom stereocenters. The van der Waals surface area contributed by atoms with E-state index in [1.54, 1.807) is 0 Å². The zero-order valence-electron chi connectivity index (χ0n) is 9.24. The molecule has 0 fully saturated rings. The first-order valence-corrected chi connectivity index (χ1v) is 5.40. The van der Waals surface area contributed by atoms with Gasteiger partial charge in [0, 0.05) is 12.6 Å². The number of nitrogens with zero attached hydrogens (tertiary/aromatic N) is 2. The van der Waals surface area contributed by atoms with Crippen LogP contribution < -0.4 is 0 Å². The summed E-state index contributed by atoms with van der Waals surface area (Å²) in [4.78, 5) is 4.26. The number of hydrogen-bond donors (Lipinski definition) is 1. The minimum Gasteiger partial charge on any atom is -0.390 e. The second kappa shape index (κ2) is 4.28. The fourth-order valence-corrected chi connectivity index (χ4v) is 1.98. The van der Waals surface area contributed by atoms with Crippen LogP contribution >= 0.6 is 11.6 Å². The van der Waals surface area contributed by atoms with Gasteiger partial charge in [-0.25, -0.2) is 4.98 Å². The maximum Gasteiger partial charge on any atom is 0.153 e. The topological polar surface area (TPSA) is 38.1 Å². The molecule has 4 heteroatoms. The van der Waals surface area contributed by atoms with Crippen LogP contribution in [0.15, 0.2) is 24.3 Å². The molecule has 0 aliphatic rings. The summed E-state index contributed by atoms with van der Waals surface area (Å²) in [6, 6.07) is 8.03. The minimum atomic E-state index is -0.103. The molecule has 2 aromatic rings. The molecule has 0 bridgehead atoms. The predicted octanol–water partition coefficient (Wildman–Crippen LogP) is 2.54. The molecule has 0 aliphatic carbocycles. The first-order valence-electron chi connectivity index (χ1n) is 5.02. The van der Waals surface area contributed by atoms with Crippen LogP contribution in [0.1, 0.15) is 11.3 Å². The van der Waals surface area contributed by atoms with Gasteiger partial charge < -0.3 is 9.67 Å². The number of aryl methyl sites for hydroxylation is 1. The van der Waals surface area contributed by atoms with E-state index in [2.05, 4.69) is 4.98 Å². The Labute approximate surface area is 99.3 Å². The van der Waals surface area contributed by atoms with Crippen molar-refractivity contribution in [3.05, 3.63) is 40.7 Å². The SMILES string of the molecule is Cc1cccc(-c2nc(Cl)c(CO)n2C)c1. The maximum absolute atomic E-state index is 9.17. The van der Waals surface area contributed by atoms with Crippen LogP contribution in [0.5, 0.6) is 0 Å². The molecule has 0 saturated carbocycles. The van der Waals surface area contributed by atoms with Crippen molar-refractivity contribution in [2.75, 3.05) is 0 Å². The zero-order chi connectivity index (χ0) is 11.7. The molecule has 1 aromatic heterocycles. The second-order valence-electron chi connectivity index (χ2n) is 3.76. The maximum atomic E-state index is 9.17. The Morgan fingerprint density at radius 3 is 2.75 bits per heavy atom. The van der Waals surface area contributed by atoms with Gasteiger partial charge in [-0.05, 0) is 13.0 Å². The van der Waals surface area contributed by atoms with Crippen molar-refractivity contribution in [2.24, 2.45) is 7.05 Å². The molecule has 1 N–H and O–H groups in total. The van der Waals surface area contributed by atoms with Crippen LogP contribution in [0.2, 0.25) is 5.15 Å². The summed E-state index contributed by atoms with van der Waals surface area (Å²) < 4.78 is 1.82. The molecule has 0 spiro atoms. The molecule has 16 heavy (non-hydrogen) atoms. The van der Waals surface area contributed by atoms with E-state index in [4.69, 9.17) is 16.7 Å². The standard InChI is InChI=1S/C12H13ClN2O/c1-8-4-3-5-9(6-8)12-14-11(13)10(7-16)15(12)2/h3-6,16H,7H2,1-2H3. The Bertz CT molecular complexity index is 520.